The Hall–Kier alpha value is -2.15. The molecule has 0 unspecified atom stereocenters. The minimum absolute atomic E-state index is 0.165. The summed E-state index contributed by atoms with van der Waals surface area (Å²) in [6.07, 6.45) is 1.21. The van der Waals surface area contributed by atoms with E-state index in [9.17, 15) is 9.59 Å². The second kappa shape index (κ2) is 5.80. The number of nitrogens with zero attached hydrogens (tertiary/aromatic N) is 1. The lowest BCUT2D eigenvalue weighted by Gasteiger charge is -2.09. The first-order valence-electron chi connectivity index (χ1n) is 5.37. The van der Waals surface area contributed by atoms with Gasteiger partial charge >= 0.3 is 5.97 Å². The average Bonchev–Trinajstić information content (AvgIpc) is 2.37. The molecule has 17 heavy (non-hydrogen) atoms. The molecule has 1 aromatic carbocycles. The molecule has 0 heterocycles. The zero-order valence-corrected chi connectivity index (χ0v) is 9.82. The van der Waals surface area contributed by atoms with Crippen LogP contribution < -0.4 is 0 Å². The molecule has 0 saturated carbocycles. The topological polar surface area (TPSA) is 67.2 Å². The quantitative estimate of drug-likeness (QED) is 0.588. The van der Waals surface area contributed by atoms with Crippen LogP contribution in [0.1, 0.15) is 45.7 Å². The van der Waals surface area contributed by atoms with E-state index in [0.29, 0.717) is 29.4 Å². The summed E-state index contributed by atoms with van der Waals surface area (Å²) in [5.74, 6) is -0.568. The molecule has 0 N–H and O–H groups in total. The van der Waals surface area contributed by atoms with Gasteiger partial charge in [-0.1, -0.05) is 6.92 Å². The second-order valence-electron chi connectivity index (χ2n) is 3.40. The summed E-state index contributed by atoms with van der Waals surface area (Å²) in [5, 5.41) is 8.87. The van der Waals surface area contributed by atoms with Gasteiger partial charge in [0.05, 0.1) is 23.8 Å². The van der Waals surface area contributed by atoms with Crippen molar-refractivity contribution in [1.82, 2.24) is 0 Å². The number of hydrogen-bond donors (Lipinski definition) is 0. The van der Waals surface area contributed by atoms with Crippen LogP contribution in [0.4, 0.5) is 0 Å². The molecular formula is C13H13NO3. The predicted octanol–water partition coefficient (Wildman–Crippen LogP) is 2.11. The lowest BCUT2D eigenvalue weighted by molar-refractivity contribution is 0.0524. The Kier molecular flexibility index (Phi) is 4.41. The van der Waals surface area contributed by atoms with E-state index in [2.05, 4.69) is 0 Å². The number of ether oxygens (including phenoxy) is 1. The van der Waals surface area contributed by atoms with E-state index in [4.69, 9.17) is 10.00 Å². The molecule has 1 rings (SSSR count). The van der Waals surface area contributed by atoms with Gasteiger partial charge in [0, 0.05) is 5.56 Å². The lowest BCUT2D eigenvalue weighted by Crippen LogP contribution is -2.10. The third-order valence-electron chi connectivity index (χ3n) is 2.39. The summed E-state index contributed by atoms with van der Waals surface area (Å²) in [6.45, 7) is 3.78. The van der Waals surface area contributed by atoms with E-state index >= 15 is 0 Å². The minimum atomic E-state index is -0.568. The molecule has 0 amide bonds. The van der Waals surface area contributed by atoms with E-state index in [1.165, 1.54) is 6.07 Å². The first kappa shape index (κ1) is 12.9. The van der Waals surface area contributed by atoms with Gasteiger partial charge < -0.3 is 4.74 Å². The van der Waals surface area contributed by atoms with Crippen LogP contribution in [0.3, 0.4) is 0 Å². The Balaban J connectivity index is 3.40. The third-order valence-corrected chi connectivity index (χ3v) is 2.39. The number of carbonyl (C=O) groups is 2. The van der Waals surface area contributed by atoms with E-state index < -0.39 is 5.97 Å². The molecule has 4 nitrogen and oxygen atoms in total. The van der Waals surface area contributed by atoms with Crippen molar-refractivity contribution >= 4 is 12.3 Å². The number of aldehydes is 1. The fraction of sp³-hybridized carbons (Fsp3) is 0.308. The Morgan fingerprint density at radius 3 is 2.65 bits per heavy atom. The van der Waals surface area contributed by atoms with E-state index in [-0.39, 0.29) is 12.2 Å². The first-order valence-corrected chi connectivity index (χ1v) is 5.37. The van der Waals surface area contributed by atoms with Gasteiger partial charge in [0.1, 0.15) is 0 Å². The summed E-state index contributed by atoms with van der Waals surface area (Å²) in [6, 6.07) is 4.97. The van der Waals surface area contributed by atoms with Gasteiger partial charge in [0.25, 0.3) is 0 Å². The molecule has 0 bridgehead atoms. The van der Waals surface area contributed by atoms with Crippen LogP contribution in [0.2, 0.25) is 0 Å². The highest BCUT2D eigenvalue weighted by atomic mass is 16.5. The highest BCUT2D eigenvalue weighted by Gasteiger charge is 2.16. The monoisotopic (exact) mass is 231 g/mol. The van der Waals surface area contributed by atoms with Crippen LogP contribution in [-0.2, 0) is 11.2 Å². The van der Waals surface area contributed by atoms with Crippen LogP contribution in [0.5, 0.6) is 0 Å². The Morgan fingerprint density at radius 2 is 2.18 bits per heavy atom. The zero-order valence-electron chi connectivity index (χ0n) is 9.82. The van der Waals surface area contributed by atoms with Gasteiger partial charge in [-0.05, 0) is 31.0 Å². The molecule has 0 saturated heterocycles. The molecule has 88 valence electrons. The maximum absolute atomic E-state index is 11.7. The first-order chi connectivity index (χ1) is 8.17. The van der Waals surface area contributed by atoms with Crippen molar-refractivity contribution in [3.63, 3.8) is 0 Å². The van der Waals surface area contributed by atoms with Crippen LogP contribution in [0, 0.1) is 11.3 Å². The van der Waals surface area contributed by atoms with Gasteiger partial charge in [0.2, 0.25) is 0 Å². The third kappa shape index (κ3) is 2.70. The van der Waals surface area contributed by atoms with E-state index in [1.54, 1.807) is 13.0 Å². The Morgan fingerprint density at radius 1 is 1.47 bits per heavy atom. The predicted molar refractivity (Wildman–Crippen MR) is 61.9 cm³/mol. The maximum Gasteiger partial charge on any atom is 0.338 e. The fourth-order valence-electron chi connectivity index (χ4n) is 1.59. The molecule has 0 fully saturated rings. The number of carbonyl (C=O) groups excluding carboxylic acids is 2. The Bertz CT molecular complexity index is 486. The summed E-state index contributed by atoms with van der Waals surface area (Å²) < 4.78 is 4.86. The van der Waals surface area contributed by atoms with Crippen molar-refractivity contribution in [3.05, 3.63) is 34.4 Å². The average molecular weight is 231 g/mol. The molecule has 0 aromatic heterocycles. The molecule has 1 aromatic rings. The number of esters is 1. The Labute approximate surface area is 99.8 Å². The molecule has 4 heteroatoms. The summed E-state index contributed by atoms with van der Waals surface area (Å²) in [5.41, 5.74) is 1.51. The minimum Gasteiger partial charge on any atom is -0.462 e. The second-order valence-corrected chi connectivity index (χ2v) is 3.40. The van der Waals surface area contributed by atoms with Gasteiger partial charge in [-0.25, -0.2) is 4.79 Å². The SMILES string of the molecule is CCOC(=O)c1cc(C#N)cc(CC)c1C=O. The normalized spacial score (nSPS) is 9.47. The van der Waals surface area contributed by atoms with Crippen molar-refractivity contribution in [1.29, 1.82) is 5.26 Å². The molecule has 0 aliphatic heterocycles. The van der Waals surface area contributed by atoms with Gasteiger partial charge in [0.15, 0.2) is 6.29 Å². The van der Waals surface area contributed by atoms with Crippen LogP contribution in [0.25, 0.3) is 0 Å². The van der Waals surface area contributed by atoms with Crippen LogP contribution >= 0.6 is 0 Å². The summed E-state index contributed by atoms with van der Waals surface area (Å²) >= 11 is 0. The van der Waals surface area contributed by atoms with Gasteiger partial charge in [-0.2, -0.15) is 5.26 Å². The molecule has 0 aliphatic carbocycles. The summed E-state index contributed by atoms with van der Waals surface area (Å²) in [7, 11) is 0. The maximum atomic E-state index is 11.7. The number of hydrogen-bond acceptors (Lipinski definition) is 4. The number of nitriles is 1. The molecule has 0 atom stereocenters. The van der Waals surface area contributed by atoms with Crippen LogP contribution in [0.15, 0.2) is 12.1 Å². The number of benzene rings is 1. The highest BCUT2D eigenvalue weighted by molar-refractivity contribution is 5.99. The summed E-state index contributed by atoms with van der Waals surface area (Å²) in [4.78, 5) is 22.7. The molecule has 0 spiro atoms. The fourth-order valence-corrected chi connectivity index (χ4v) is 1.59. The molecular weight excluding hydrogens is 218 g/mol. The van der Waals surface area contributed by atoms with E-state index in [1.807, 2.05) is 13.0 Å². The molecule has 0 radical (unpaired) electrons. The van der Waals surface area contributed by atoms with Crippen molar-refractivity contribution in [2.45, 2.75) is 20.3 Å². The zero-order chi connectivity index (χ0) is 12.8. The van der Waals surface area contributed by atoms with Gasteiger partial charge in [-0.15, -0.1) is 0 Å². The number of rotatable bonds is 4. The van der Waals surface area contributed by atoms with Crippen molar-refractivity contribution in [2.24, 2.45) is 0 Å². The standard InChI is InChI=1S/C13H13NO3/c1-3-10-5-9(7-14)6-11(12(10)8-15)13(16)17-4-2/h5-6,8H,3-4H2,1-2H3. The highest BCUT2D eigenvalue weighted by Crippen LogP contribution is 2.18. The van der Waals surface area contributed by atoms with E-state index in [0.717, 1.165) is 0 Å². The largest absolute Gasteiger partial charge is 0.462 e. The number of aryl methyl sites for hydroxylation is 1. The van der Waals surface area contributed by atoms with Crippen molar-refractivity contribution in [2.75, 3.05) is 6.61 Å². The molecule has 0 aliphatic rings. The van der Waals surface area contributed by atoms with Gasteiger partial charge in [-0.3, -0.25) is 4.79 Å². The van der Waals surface area contributed by atoms with Crippen molar-refractivity contribution < 1.29 is 14.3 Å². The smallest absolute Gasteiger partial charge is 0.338 e. The lowest BCUT2D eigenvalue weighted by atomic mass is 9.97. The van der Waals surface area contributed by atoms with Crippen molar-refractivity contribution in [3.8, 4) is 6.07 Å². The van der Waals surface area contributed by atoms with Crippen LogP contribution in [-0.4, -0.2) is 18.9 Å².